The van der Waals surface area contributed by atoms with Crippen LogP contribution in [0.2, 0.25) is 0 Å². The molecule has 0 aliphatic carbocycles. The van der Waals surface area contributed by atoms with Crippen molar-refractivity contribution in [2.45, 2.75) is 26.9 Å². The number of allylic oxidation sites excluding steroid dienone is 1. The first-order valence-electron chi connectivity index (χ1n) is 4.30. The second-order valence-corrected chi connectivity index (χ2v) is 2.95. The predicted molar refractivity (Wildman–Crippen MR) is 52.7 cm³/mol. The van der Waals surface area contributed by atoms with Crippen LogP contribution in [0.4, 0.5) is 0 Å². The molecule has 0 unspecified atom stereocenters. The quantitative estimate of drug-likeness (QED) is 0.242. The van der Waals surface area contributed by atoms with Gasteiger partial charge in [0.2, 0.25) is 0 Å². The van der Waals surface area contributed by atoms with E-state index in [0.717, 1.165) is 0 Å². The minimum atomic E-state index is -0.534. The maximum atomic E-state index is 11.2. The van der Waals surface area contributed by atoms with Crippen molar-refractivity contribution in [2.24, 2.45) is 0 Å². The van der Waals surface area contributed by atoms with Gasteiger partial charge < -0.3 is 4.74 Å². The summed E-state index contributed by atoms with van der Waals surface area (Å²) in [6, 6.07) is 0. The molecule has 0 heterocycles. The summed E-state index contributed by atoms with van der Waals surface area (Å²) in [6.45, 7) is 8.68. The first-order valence-corrected chi connectivity index (χ1v) is 4.30. The van der Waals surface area contributed by atoms with Gasteiger partial charge in [0.1, 0.15) is 12.7 Å². The normalized spacial score (nSPS) is 13.6. The molecule has 0 saturated carbocycles. The van der Waals surface area contributed by atoms with E-state index in [2.05, 4.69) is 11.5 Å². The van der Waals surface area contributed by atoms with E-state index in [0.29, 0.717) is 11.1 Å². The highest BCUT2D eigenvalue weighted by Gasteiger charge is 2.10. The van der Waals surface area contributed by atoms with Crippen LogP contribution in [0.25, 0.3) is 0 Å². The van der Waals surface area contributed by atoms with Gasteiger partial charge in [-0.1, -0.05) is 12.7 Å². The Balaban J connectivity index is 3.95. The lowest BCUT2D eigenvalue weighted by molar-refractivity contribution is -0.265. The molecule has 80 valence electrons. The number of hydrogen-bond acceptors (Lipinski definition) is 4. The van der Waals surface area contributed by atoms with Crippen LogP contribution in [-0.2, 0) is 14.4 Å². The average molecular weight is 200 g/mol. The molecule has 14 heavy (non-hydrogen) atoms. The molecule has 0 amide bonds. The van der Waals surface area contributed by atoms with Gasteiger partial charge in [-0.25, -0.2) is 9.68 Å². The highest BCUT2D eigenvalue weighted by Crippen LogP contribution is 2.05. The van der Waals surface area contributed by atoms with E-state index in [9.17, 15) is 4.79 Å². The molecule has 0 aromatic carbocycles. The molecule has 0 aliphatic heterocycles. The summed E-state index contributed by atoms with van der Waals surface area (Å²) in [4.78, 5) is 15.2. The summed E-state index contributed by atoms with van der Waals surface area (Å²) >= 11 is 0. The van der Waals surface area contributed by atoms with E-state index in [-0.39, 0.29) is 6.61 Å². The van der Waals surface area contributed by atoms with E-state index in [1.807, 2.05) is 0 Å². The van der Waals surface area contributed by atoms with Crippen molar-refractivity contribution in [3.05, 3.63) is 23.8 Å². The van der Waals surface area contributed by atoms with Crippen LogP contribution >= 0.6 is 0 Å². The topological polar surface area (TPSA) is 55.8 Å². The monoisotopic (exact) mass is 200 g/mol. The third kappa shape index (κ3) is 4.20. The number of hydrogen-bond donors (Lipinski definition) is 1. The molecular formula is C10H16O4. The highest BCUT2D eigenvalue weighted by atomic mass is 17.1. The van der Waals surface area contributed by atoms with Gasteiger partial charge in [0, 0.05) is 5.57 Å². The van der Waals surface area contributed by atoms with Gasteiger partial charge in [0.15, 0.2) is 0 Å². The highest BCUT2D eigenvalue weighted by molar-refractivity contribution is 5.87. The third-order valence-electron chi connectivity index (χ3n) is 1.88. The number of ether oxygens (including phenoxy) is 1. The van der Waals surface area contributed by atoms with Gasteiger partial charge in [-0.3, -0.25) is 5.26 Å². The van der Waals surface area contributed by atoms with Crippen LogP contribution in [0.5, 0.6) is 0 Å². The largest absolute Gasteiger partial charge is 0.458 e. The summed E-state index contributed by atoms with van der Waals surface area (Å²) in [5.41, 5.74) is 1.04. The van der Waals surface area contributed by atoms with Gasteiger partial charge in [0.25, 0.3) is 0 Å². The fourth-order valence-corrected chi connectivity index (χ4v) is 0.582. The lowest BCUT2D eigenvalue weighted by Gasteiger charge is -2.11. The molecule has 0 spiro atoms. The number of carbonyl (C=O) groups is 1. The van der Waals surface area contributed by atoms with Gasteiger partial charge in [-0.05, 0) is 26.3 Å². The summed E-state index contributed by atoms with van der Waals surface area (Å²) in [6.07, 6.45) is 1.13. The van der Waals surface area contributed by atoms with Crippen molar-refractivity contribution in [1.82, 2.24) is 0 Å². The van der Waals surface area contributed by atoms with Crippen molar-refractivity contribution < 1.29 is 19.7 Å². The molecule has 0 fully saturated rings. The fourth-order valence-electron chi connectivity index (χ4n) is 0.582. The maximum Gasteiger partial charge on any atom is 0.333 e. The molecule has 0 saturated heterocycles. The first-order chi connectivity index (χ1) is 6.52. The van der Waals surface area contributed by atoms with Crippen LogP contribution in [-0.4, -0.2) is 23.9 Å². The van der Waals surface area contributed by atoms with Crippen LogP contribution < -0.4 is 0 Å². The number of rotatable bonds is 5. The molecule has 4 nitrogen and oxygen atoms in total. The van der Waals surface area contributed by atoms with Crippen LogP contribution in [0.15, 0.2) is 23.8 Å². The lowest BCUT2D eigenvalue weighted by atomic mass is 10.2. The Kier molecular flexibility index (Phi) is 5.83. The fraction of sp³-hybridized carbons (Fsp3) is 0.500. The second kappa shape index (κ2) is 6.34. The van der Waals surface area contributed by atoms with Crippen molar-refractivity contribution in [2.75, 3.05) is 6.61 Å². The van der Waals surface area contributed by atoms with Crippen LogP contribution in [0, 0.1) is 0 Å². The summed E-state index contributed by atoms with van der Waals surface area (Å²) in [5, 5.41) is 8.31. The standard InChI is InChI=1S/C10H16O4/c1-5-7(2)10(11)13-6-8(3)9(4)14-12/h5,9,12H,3,6H2,1-2,4H3/b7-5-/t9-/m0/s1. The first kappa shape index (κ1) is 12.9. The van der Waals surface area contributed by atoms with Crippen LogP contribution in [0.3, 0.4) is 0 Å². The zero-order chi connectivity index (χ0) is 11.1. The Labute approximate surface area is 83.8 Å². The molecule has 0 bridgehead atoms. The van der Waals surface area contributed by atoms with Crippen LogP contribution in [0.1, 0.15) is 20.8 Å². The van der Waals surface area contributed by atoms with Gasteiger partial charge in [0.05, 0.1) is 0 Å². The van der Waals surface area contributed by atoms with Crippen molar-refractivity contribution in [3.63, 3.8) is 0 Å². The maximum absolute atomic E-state index is 11.2. The molecular weight excluding hydrogens is 184 g/mol. The molecule has 0 aromatic rings. The molecule has 0 aliphatic rings. The van der Waals surface area contributed by atoms with Crippen molar-refractivity contribution in [3.8, 4) is 0 Å². The smallest absolute Gasteiger partial charge is 0.333 e. The minimum Gasteiger partial charge on any atom is -0.458 e. The minimum absolute atomic E-state index is 0.0474. The SMILES string of the molecule is C=C(COC(=O)/C(C)=C\C)[C@H](C)OO. The Morgan fingerprint density at radius 1 is 1.64 bits per heavy atom. The molecule has 1 N–H and O–H groups in total. The Hall–Kier alpha value is -1.13. The summed E-state index contributed by atoms with van der Waals surface area (Å²) < 4.78 is 4.88. The summed E-state index contributed by atoms with van der Waals surface area (Å²) in [7, 11) is 0. The second-order valence-electron chi connectivity index (χ2n) is 2.95. The van der Waals surface area contributed by atoms with Crippen molar-refractivity contribution in [1.29, 1.82) is 0 Å². The van der Waals surface area contributed by atoms with E-state index in [4.69, 9.17) is 9.99 Å². The average Bonchev–Trinajstić information content (AvgIpc) is 2.22. The molecule has 0 radical (unpaired) electrons. The predicted octanol–water partition coefficient (Wildman–Crippen LogP) is 1.93. The summed E-state index contributed by atoms with van der Waals surface area (Å²) in [5.74, 6) is -0.390. The molecule has 0 aromatic heterocycles. The third-order valence-corrected chi connectivity index (χ3v) is 1.88. The Bertz CT molecular complexity index is 243. The molecule has 1 atom stereocenters. The van der Waals surface area contributed by atoms with E-state index >= 15 is 0 Å². The zero-order valence-corrected chi connectivity index (χ0v) is 8.74. The van der Waals surface area contributed by atoms with Gasteiger partial charge >= 0.3 is 5.97 Å². The Morgan fingerprint density at radius 3 is 2.64 bits per heavy atom. The van der Waals surface area contributed by atoms with E-state index < -0.39 is 12.1 Å². The van der Waals surface area contributed by atoms with Gasteiger partial charge in [-0.2, -0.15) is 0 Å². The molecule has 0 rings (SSSR count). The number of carbonyl (C=O) groups excluding carboxylic acids is 1. The zero-order valence-electron chi connectivity index (χ0n) is 8.74. The van der Waals surface area contributed by atoms with Gasteiger partial charge in [-0.15, -0.1) is 0 Å². The number of esters is 1. The van der Waals surface area contributed by atoms with E-state index in [1.54, 1.807) is 26.8 Å². The van der Waals surface area contributed by atoms with Crippen molar-refractivity contribution >= 4 is 5.97 Å². The molecule has 4 heteroatoms. The Morgan fingerprint density at radius 2 is 2.21 bits per heavy atom. The lowest BCUT2D eigenvalue weighted by Crippen LogP contribution is -2.16. The van der Waals surface area contributed by atoms with E-state index in [1.165, 1.54) is 0 Å².